The number of carbonyl (C=O) groups excluding carboxylic acids is 2. The van der Waals surface area contributed by atoms with Crippen LogP contribution in [0.2, 0.25) is 0 Å². The van der Waals surface area contributed by atoms with Crippen molar-refractivity contribution in [2.75, 3.05) is 5.32 Å². The highest BCUT2D eigenvalue weighted by atomic mass is 16.2. The van der Waals surface area contributed by atoms with Crippen molar-refractivity contribution in [3.05, 3.63) is 29.8 Å². The first-order valence-electron chi connectivity index (χ1n) is 10.6. The second kappa shape index (κ2) is 6.96. The van der Waals surface area contributed by atoms with Gasteiger partial charge in [0.15, 0.2) is 0 Å². The minimum atomic E-state index is -0.518. The summed E-state index contributed by atoms with van der Waals surface area (Å²) in [4.78, 5) is 25.7. The molecule has 2 amide bonds. The van der Waals surface area contributed by atoms with Crippen molar-refractivity contribution in [1.29, 1.82) is 0 Å². The van der Waals surface area contributed by atoms with Crippen LogP contribution >= 0.6 is 0 Å². The van der Waals surface area contributed by atoms with Crippen molar-refractivity contribution in [2.45, 2.75) is 71.3 Å². The van der Waals surface area contributed by atoms with Gasteiger partial charge in [-0.1, -0.05) is 26.0 Å². The third-order valence-corrected chi connectivity index (χ3v) is 7.11. The van der Waals surface area contributed by atoms with E-state index < -0.39 is 6.04 Å². The molecular formula is C23H32N2O2. The number of amides is 2. The summed E-state index contributed by atoms with van der Waals surface area (Å²) in [6.45, 7) is 6.08. The molecule has 1 unspecified atom stereocenters. The standard InChI is InChI=1S/C23H32N2O2/c1-14(2)19-4-6-20(7-5-19)25-21(26)15(3)24-22(27)23-11-16-8-17(12-23)10-18(9-16)13-23/h4-7,14-18H,8-13H2,1-3H3,(H,24,27)(H,25,26). The highest BCUT2D eigenvalue weighted by molar-refractivity contribution is 5.97. The fraction of sp³-hybridized carbons (Fsp3) is 0.652. The SMILES string of the molecule is CC(NC(=O)C12CC3CC(CC(C3)C1)C2)C(=O)Nc1ccc(C(C)C)cc1. The average molecular weight is 369 g/mol. The number of carbonyl (C=O) groups is 2. The van der Waals surface area contributed by atoms with Gasteiger partial charge in [0.05, 0.1) is 0 Å². The van der Waals surface area contributed by atoms with Crippen LogP contribution in [0.15, 0.2) is 24.3 Å². The summed E-state index contributed by atoms with van der Waals surface area (Å²) in [5.74, 6) is 2.61. The molecule has 0 aliphatic heterocycles. The minimum absolute atomic E-state index is 0.111. The molecule has 0 aromatic heterocycles. The molecular weight excluding hydrogens is 336 g/mol. The molecule has 4 fully saturated rings. The van der Waals surface area contributed by atoms with Crippen LogP contribution in [-0.4, -0.2) is 17.9 Å². The van der Waals surface area contributed by atoms with Crippen LogP contribution < -0.4 is 10.6 Å². The Kier molecular flexibility index (Phi) is 4.77. The van der Waals surface area contributed by atoms with E-state index in [2.05, 4.69) is 24.5 Å². The van der Waals surface area contributed by atoms with E-state index >= 15 is 0 Å². The first kappa shape index (κ1) is 18.5. The number of rotatable bonds is 5. The van der Waals surface area contributed by atoms with Crippen LogP contribution in [0.25, 0.3) is 0 Å². The lowest BCUT2D eigenvalue weighted by molar-refractivity contribution is -0.147. The molecule has 0 heterocycles. The molecule has 1 atom stereocenters. The number of hydrogen-bond acceptors (Lipinski definition) is 2. The first-order valence-corrected chi connectivity index (χ1v) is 10.6. The lowest BCUT2D eigenvalue weighted by Crippen LogP contribution is -2.56. The lowest BCUT2D eigenvalue weighted by Gasteiger charge is -2.55. The first-order chi connectivity index (χ1) is 12.8. The van der Waals surface area contributed by atoms with Gasteiger partial charge in [-0.3, -0.25) is 9.59 Å². The second-order valence-corrected chi connectivity index (χ2v) is 9.66. The molecule has 1 aromatic carbocycles. The van der Waals surface area contributed by atoms with Gasteiger partial charge in [0.2, 0.25) is 11.8 Å². The van der Waals surface area contributed by atoms with Crippen LogP contribution in [0.1, 0.15) is 70.8 Å². The van der Waals surface area contributed by atoms with Gasteiger partial charge >= 0.3 is 0 Å². The monoisotopic (exact) mass is 368 g/mol. The molecule has 1 aromatic rings. The average Bonchev–Trinajstić information content (AvgIpc) is 2.60. The lowest BCUT2D eigenvalue weighted by atomic mass is 9.49. The summed E-state index contributed by atoms with van der Waals surface area (Å²) in [6.07, 6.45) is 7.01. The van der Waals surface area contributed by atoms with Crippen molar-refractivity contribution < 1.29 is 9.59 Å². The number of benzene rings is 1. The van der Waals surface area contributed by atoms with Gasteiger partial charge in [0, 0.05) is 11.1 Å². The molecule has 146 valence electrons. The normalized spacial score (nSPS) is 32.4. The van der Waals surface area contributed by atoms with Crippen LogP contribution in [-0.2, 0) is 9.59 Å². The molecule has 27 heavy (non-hydrogen) atoms. The molecule has 0 saturated heterocycles. The maximum absolute atomic E-state index is 13.1. The molecule has 4 heteroatoms. The van der Waals surface area contributed by atoms with Crippen molar-refractivity contribution in [2.24, 2.45) is 23.2 Å². The topological polar surface area (TPSA) is 58.2 Å². The highest BCUT2D eigenvalue weighted by Crippen LogP contribution is 2.60. The van der Waals surface area contributed by atoms with E-state index in [9.17, 15) is 9.59 Å². The van der Waals surface area contributed by atoms with Gasteiger partial charge < -0.3 is 10.6 Å². The molecule has 2 N–H and O–H groups in total. The van der Waals surface area contributed by atoms with Crippen LogP contribution in [0, 0.1) is 23.2 Å². The third-order valence-electron chi connectivity index (χ3n) is 7.11. The van der Waals surface area contributed by atoms with Gasteiger partial charge in [0.1, 0.15) is 6.04 Å². The third kappa shape index (κ3) is 3.63. The van der Waals surface area contributed by atoms with E-state index in [0.717, 1.165) is 42.7 Å². The predicted octanol–water partition coefficient (Wildman–Crippen LogP) is 4.47. The van der Waals surface area contributed by atoms with Gasteiger partial charge in [-0.25, -0.2) is 0 Å². The number of hydrogen-bond donors (Lipinski definition) is 2. The molecule has 4 nitrogen and oxygen atoms in total. The van der Waals surface area contributed by atoms with Crippen molar-refractivity contribution in [3.8, 4) is 0 Å². The zero-order valence-electron chi connectivity index (χ0n) is 16.8. The summed E-state index contributed by atoms with van der Waals surface area (Å²) in [7, 11) is 0. The second-order valence-electron chi connectivity index (χ2n) is 9.66. The van der Waals surface area contributed by atoms with E-state index in [1.54, 1.807) is 6.92 Å². The van der Waals surface area contributed by atoms with Gasteiger partial charge in [-0.15, -0.1) is 0 Å². The number of anilines is 1. The smallest absolute Gasteiger partial charge is 0.246 e. The molecule has 4 saturated carbocycles. The molecule has 4 bridgehead atoms. The quantitative estimate of drug-likeness (QED) is 0.805. The fourth-order valence-corrected chi connectivity index (χ4v) is 6.01. The Morgan fingerprint density at radius 3 is 1.93 bits per heavy atom. The van der Waals surface area contributed by atoms with Gasteiger partial charge in [-0.2, -0.15) is 0 Å². The van der Waals surface area contributed by atoms with Crippen molar-refractivity contribution >= 4 is 17.5 Å². The van der Waals surface area contributed by atoms with Crippen molar-refractivity contribution in [3.63, 3.8) is 0 Å². The van der Waals surface area contributed by atoms with Crippen LogP contribution in [0.4, 0.5) is 5.69 Å². The summed E-state index contributed by atoms with van der Waals surface area (Å²) in [5, 5.41) is 5.97. The molecule has 5 rings (SSSR count). The Labute approximate surface area is 162 Å². The van der Waals surface area contributed by atoms with E-state index in [1.807, 2.05) is 24.3 Å². The van der Waals surface area contributed by atoms with E-state index in [-0.39, 0.29) is 17.2 Å². The van der Waals surface area contributed by atoms with E-state index in [1.165, 1.54) is 24.8 Å². The Morgan fingerprint density at radius 2 is 1.44 bits per heavy atom. The fourth-order valence-electron chi connectivity index (χ4n) is 6.01. The summed E-state index contributed by atoms with van der Waals surface area (Å²) < 4.78 is 0. The predicted molar refractivity (Wildman–Crippen MR) is 107 cm³/mol. The molecule has 4 aliphatic rings. The summed E-state index contributed by atoms with van der Waals surface area (Å²) in [6, 6.07) is 7.43. The summed E-state index contributed by atoms with van der Waals surface area (Å²) in [5.41, 5.74) is 1.82. The Hall–Kier alpha value is -1.84. The van der Waals surface area contributed by atoms with Gasteiger partial charge in [-0.05, 0) is 86.8 Å². The van der Waals surface area contributed by atoms with Crippen LogP contribution in [0.5, 0.6) is 0 Å². The number of nitrogens with one attached hydrogen (secondary N) is 2. The van der Waals surface area contributed by atoms with E-state index in [4.69, 9.17) is 0 Å². The Bertz CT molecular complexity index is 687. The maximum atomic E-state index is 13.1. The molecule has 0 radical (unpaired) electrons. The summed E-state index contributed by atoms with van der Waals surface area (Å²) >= 11 is 0. The Balaban J connectivity index is 1.36. The zero-order valence-corrected chi connectivity index (χ0v) is 16.8. The van der Waals surface area contributed by atoms with Gasteiger partial charge in [0.25, 0.3) is 0 Å². The van der Waals surface area contributed by atoms with Crippen molar-refractivity contribution in [1.82, 2.24) is 5.32 Å². The largest absolute Gasteiger partial charge is 0.344 e. The molecule has 0 spiro atoms. The maximum Gasteiger partial charge on any atom is 0.246 e. The minimum Gasteiger partial charge on any atom is -0.344 e. The zero-order chi connectivity index (χ0) is 19.2. The van der Waals surface area contributed by atoms with E-state index in [0.29, 0.717) is 5.92 Å². The van der Waals surface area contributed by atoms with Crippen LogP contribution in [0.3, 0.4) is 0 Å². The Morgan fingerprint density at radius 1 is 0.926 bits per heavy atom. The highest BCUT2D eigenvalue weighted by Gasteiger charge is 2.54. The molecule has 4 aliphatic carbocycles.